The Labute approximate surface area is 166 Å². The van der Waals surface area contributed by atoms with Gasteiger partial charge in [-0.25, -0.2) is 4.98 Å². The summed E-state index contributed by atoms with van der Waals surface area (Å²) in [7, 11) is 3.13. The molecule has 0 saturated carbocycles. The Kier molecular flexibility index (Phi) is 6.31. The summed E-state index contributed by atoms with van der Waals surface area (Å²) >= 11 is 2.65. The van der Waals surface area contributed by atoms with Crippen LogP contribution in [0.2, 0.25) is 0 Å². The molecule has 0 aliphatic carbocycles. The lowest BCUT2D eigenvalue weighted by atomic mass is 10.1. The van der Waals surface area contributed by atoms with Crippen molar-refractivity contribution in [2.45, 2.75) is 11.3 Å². The fourth-order valence-electron chi connectivity index (χ4n) is 2.43. The van der Waals surface area contributed by atoms with Crippen LogP contribution >= 0.6 is 23.3 Å². The maximum atomic E-state index is 12.3. The highest BCUT2D eigenvalue weighted by molar-refractivity contribution is 8.01. The Bertz CT molecular complexity index is 943. The summed E-state index contributed by atoms with van der Waals surface area (Å²) in [5.41, 5.74) is 2.70. The number of thioether (sulfide) groups is 1. The fraction of sp³-hybridized carbons (Fsp3) is 0.211. The van der Waals surface area contributed by atoms with Gasteiger partial charge in [0.25, 0.3) is 0 Å². The summed E-state index contributed by atoms with van der Waals surface area (Å²) in [5, 5.41) is 2.85. The Hall–Kier alpha value is -2.58. The number of aromatic nitrogens is 2. The average molecular weight is 402 g/mol. The molecule has 0 bridgehead atoms. The number of carbonyl (C=O) groups excluding carboxylic acids is 1. The van der Waals surface area contributed by atoms with Crippen LogP contribution in [0.3, 0.4) is 0 Å². The number of methoxy groups -OCH3 is 2. The first-order valence-corrected chi connectivity index (χ1v) is 9.91. The number of nitrogens with one attached hydrogen (secondary N) is 1. The molecule has 6 nitrogen and oxygen atoms in total. The number of nitrogens with zero attached hydrogens (tertiary/aromatic N) is 2. The van der Waals surface area contributed by atoms with Crippen LogP contribution in [0, 0.1) is 6.92 Å². The molecular formula is C19H19N3O3S2. The Morgan fingerprint density at radius 2 is 2.00 bits per heavy atom. The third-order valence-corrected chi connectivity index (χ3v) is 5.63. The first-order chi connectivity index (χ1) is 13.1. The van der Waals surface area contributed by atoms with E-state index in [1.165, 1.54) is 23.3 Å². The second-order valence-electron chi connectivity index (χ2n) is 5.60. The van der Waals surface area contributed by atoms with Gasteiger partial charge in [0.1, 0.15) is 11.5 Å². The van der Waals surface area contributed by atoms with Crippen LogP contribution in [0.1, 0.15) is 5.56 Å². The minimum Gasteiger partial charge on any atom is -0.497 e. The monoisotopic (exact) mass is 401 g/mol. The molecule has 3 rings (SSSR count). The molecule has 27 heavy (non-hydrogen) atoms. The SMILES string of the molecule is COc1ccc(OC)c(NC(=O)CSc2nc(-c3ccccc3C)ns2)c1. The zero-order chi connectivity index (χ0) is 19.2. The number of benzene rings is 2. The summed E-state index contributed by atoms with van der Waals surface area (Å²) < 4.78 is 15.6. The Balaban J connectivity index is 1.63. The second-order valence-corrected chi connectivity index (χ2v) is 7.58. The molecule has 1 aromatic heterocycles. The van der Waals surface area contributed by atoms with Crippen molar-refractivity contribution in [1.29, 1.82) is 0 Å². The molecule has 3 aromatic rings. The molecule has 0 fully saturated rings. The third kappa shape index (κ3) is 4.78. The number of carbonyl (C=O) groups is 1. The van der Waals surface area contributed by atoms with E-state index < -0.39 is 0 Å². The molecular weight excluding hydrogens is 382 g/mol. The van der Waals surface area contributed by atoms with Gasteiger partial charge in [-0.05, 0) is 36.2 Å². The predicted molar refractivity (Wildman–Crippen MR) is 109 cm³/mol. The summed E-state index contributed by atoms with van der Waals surface area (Å²) in [4.78, 5) is 16.8. The smallest absolute Gasteiger partial charge is 0.234 e. The van der Waals surface area contributed by atoms with Crippen LogP contribution in [0.25, 0.3) is 11.4 Å². The Morgan fingerprint density at radius 3 is 2.74 bits per heavy atom. The van der Waals surface area contributed by atoms with Crippen LogP contribution in [0.4, 0.5) is 5.69 Å². The van der Waals surface area contributed by atoms with E-state index in [9.17, 15) is 4.79 Å². The van der Waals surface area contributed by atoms with E-state index in [1.54, 1.807) is 32.4 Å². The minimum atomic E-state index is -0.154. The quantitative estimate of drug-likeness (QED) is 0.596. The molecule has 0 unspecified atom stereocenters. The van der Waals surface area contributed by atoms with E-state index in [0.717, 1.165) is 15.5 Å². The average Bonchev–Trinajstić information content (AvgIpc) is 3.15. The van der Waals surface area contributed by atoms with Crippen molar-refractivity contribution >= 4 is 34.9 Å². The molecule has 140 valence electrons. The molecule has 2 aromatic carbocycles. The van der Waals surface area contributed by atoms with Gasteiger partial charge in [0, 0.05) is 11.6 Å². The molecule has 1 amide bonds. The topological polar surface area (TPSA) is 73.3 Å². The highest BCUT2D eigenvalue weighted by Crippen LogP contribution is 2.30. The van der Waals surface area contributed by atoms with E-state index in [0.29, 0.717) is 23.0 Å². The lowest BCUT2D eigenvalue weighted by Gasteiger charge is -2.11. The summed E-state index contributed by atoms with van der Waals surface area (Å²) in [5.74, 6) is 1.98. The van der Waals surface area contributed by atoms with Crippen molar-refractivity contribution in [3.8, 4) is 22.9 Å². The largest absolute Gasteiger partial charge is 0.497 e. The van der Waals surface area contributed by atoms with E-state index in [4.69, 9.17) is 9.47 Å². The van der Waals surface area contributed by atoms with E-state index in [2.05, 4.69) is 14.7 Å². The van der Waals surface area contributed by atoms with Gasteiger partial charge < -0.3 is 14.8 Å². The van der Waals surface area contributed by atoms with Crippen LogP contribution < -0.4 is 14.8 Å². The highest BCUT2D eigenvalue weighted by atomic mass is 32.2. The first-order valence-electron chi connectivity index (χ1n) is 8.15. The van der Waals surface area contributed by atoms with Crippen molar-refractivity contribution < 1.29 is 14.3 Å². The van der Waals surface area contributed by atoms with Crippen LogP contribution in [-0.2, 0) is 4.79 Å². The lowest BCUT2D eigenvalue weighted by molar-refractivity contribution is -0.113. The molecule has 0 aliphatic rings. The van der Waals surface area contributed by atoms with Crippen molar-refractivity contribution in [2.24, 2.45) is 0 Å². The number of anilines is 1. The molecule has 1 heterocycles. The zero-order valence-electron chi connectivity index (χ0n) is 15.2. The molecule has 1 N–H and O–H groups in total. The van der Waals surface area contributed by atoms with Crippen LogP contribution in [0.5, 0.6) is 11.5 Å². The van der Waals surface area contributed by atoms with Gasteiger partial charge in [0.15, 0.2) is 10.2 Å². The first kappa shape index (κ1) is 19.2. The van der Waals surface area contributed by atoms with Crippen LogP contribution in [-0.4, -0.2) is 35.2 Å². The van der Waals surface area contributed by atoms with Gasteiger partial charge in [-0.2, -0.15) is 4.37 Å². The summed E-state index contributed by atoms with van der Waals surface area (Å²) in [6.45, 7) is 2.03. The van der Waals surface area contributed by atoms with Crippen LogP contribution in [0.15, 0.2) is 46.8 Å². The second kappa shape index (κ2) is 8.88. The van der Waals surface area contributed by atoms with Crippen molar-refractivity contribution in [2.75, 3.05) is 25.3 Å². The van der Waals surface area contributed by atoms with E-state index in [1.807, 2.05) is 31.2 Å². The maximum absolute atomic E-state index is 12.3. The zero-order valence-corrected chi connectivity index (χ0v) is 16.8. The molecule has 0 radical (unpaired) electrons. The van der Waals surface area contributed by atoms with Gasteiger partial charge in [0.05, 0.1) is 25.7 Å². The van der Waals surface area contributed by atoms with Crippen molar-refractivity contribution in [1.82, 2.24) is 9.36 Å². The molecule has 0 saturated heterocycles. The van der Waals surface area contributed by atoms with Gasteiger partial charge in [-0.1, -0.05) is 36.0 Å². The standard InChI is InChI=1S/C19H19N3O3S2/c1-12-6-4-5-7-14(12)18-21-19(27-22-18)26-11-17(23)20-15-10-13(24-2)8-9-16(15)25-3/h4-10H,11H2,1-3H3,(H,20,23). The predicted octanol–water partition coefficient (Wildman–Crippen LogP) is 4.26. The van der Waals surface area contributed by atoms with E-state index in [-0.39, 0.29) is 11.7 Å². The van der Waals surface area contributed by atoms with Gasteiger partial charge in [-0.3, -0.25) is 4.79 Å². The molecule has 0 spiro atoms. The van der Waals surface area contributed by atoms with Gasteiger partial charge >= 0.3 is 0 Å². The van der Waals surface area contributed by atoms with Gasteiger partial charge in [-0.15, -0.1) is 0 Å². The summed E-state index contributed by atoms with van der Waals surface area (Å²) in [6, 6.07) is 13.2. The molecule has 0 atom stereocenters. The van der Waals surface area contributed by atoms with E-state index >= 15 is 0 Å². The number of hydrogen-bond acceptors (Lipinski definition) is 7. The number of ether oxygens (including phenoxy) is 2. The highest BCUT2D eigenvalue weighted by Gasteiger charge is 2.13. The fourth-order valence-corrected chi connectivity index (χ4v) is 3.83. The number of amides is 1. The maximum Gasteiger partial charge on any atom is 0.234 e. The summed E-state index contributed by atoms with van der Waals surface area (Å²) in [6.07, 6.45) is 0. The lowest BCUT2D eigenvalue weighted by Crippen LogP contribution is -2.14. The molecule has 8 heteroatoms. The van der Waals surface area contributed by atoms with Crippen molar-refractivity contribution in [3.05, 3.63) is 48.0 Å². The number of rotatable bonds is 7. The number of aryl methyl sites for hydroxylation is 1. The normalized spacial score (nSPS) is 10.5. The number of hydrogen-bond donors (Lipinski definition) is 1. The van der Waals surface area contributed by atoms with Gasteiger partial charge in [0.2, 0.25) is 5.91 Å². The van der Waals surface area contributed by atoms with Crippen molar-refractivity contribution in [3.63, 3.8) is 0 Å². The molecule has 0 aliphatic heterocycles. The Morgan fingerprint density at radius 1 is 1.19 bits per heavy atom. The minimum absolute atomic E-state index is 0.154. The third-order valence-electron chi connectivity index (χ3n) is 3.80.